The van der Waals surface area contributed by atoms with Crippen molar-refractivity contribution in [2.24, 2.45) is 0 Å². The van der Waals surface area contributed by atoms with Crippen LogP contribution in [0.3, 0.4) is 0 Å². The van der Waals surface area contributed by atoms with E-state index in [-0.39, 0.29) is 6.04 Å². The van der Waals surface area contributed by atoms with Gasteiger partial charge in [-0.15, -0.1) is 0 Å². The highest BCUT2D eigenvalue weighted by Gasteiger charge is 2.32. The Morgan fingerprint density at radius 1 is 1.06 bits per heavy atom. The summed E-state index contributed by atoms with van der Waals surface area (Å²) in [5, 5.41) is 21.4. The standard InChI is InChI=1S/C26H23Cl2N3O/c1-26(32,11-18-10-19(13-29)15-30-14-18)12-20-16-31(17-20)25(21-2-6-23(27)7-3-21)22-4-8-24(28)9-5-22/h2-10,12,14-15,25,32H,11,16-17H2,1H3. The zero-order chi connectivity index (χ0) is 22.7. The summed E-state index contributed by atoms with van der Waals surface area (Å²) in [6.45, 7) is 3.29. The lowest BCUT2D eigenvalue weighted by Crippen LogP contribution is -2.44. The Labute approximate surface area is 198 Å². The van der Waals surface area contributed by atoms with Crippen LogP contribution in [-0.4, -0.2) is 33.7 Å². The number of rotatable bonds is 6. The van der Waals surface area contributed by atoms with Crippen molar-refractivity contribution in [2.45, 2.75) is 25.0 Å². The van der Waals surface area contributed by atoms with Crippen molar-refractivity contribution in [2.75, 3.05) is 13.1 Å². The third-order valence-electron chi connectivity index (χ3n) is 5.55. The predicted octanol–water partition coefficient (Wildman–Crippen LogP) is 5.59. The molecule has 1 fully saturated rings. The molecular weight excluding hydrogens is 441 g/mol. The summed E-state index contributed by atoms with van der Waals surface area (Å²) in [4.78, 5) is 6.44. The molecule has 0 saturated carbocycles. The van der Waals surface area contributed by atoms with Crippen molar-refractivity contribution in [3.05, 3.63) is 111 Å². The van der Waals surface area contributed by atoms with Gasteiger partial charge in [-0.2, -0.15) is 5.26 Å². The van der Waals surface area contributed by atoms with E-state index < -0.39 is 5.60 Å². The summed E-state index contributed by atoms with van der Waals surface area (Å²) in [6, 6.07) is 19.8. The van der Waals surface area contributed by atoms with E-state index in [2.05, 4.69) is 40.2 Å². The summed E-state index contributed by atoms with van der Waals surface area (Å²) < 4.78 is 0. The lowest BCUT2D eigenvalue weighted by molar-refractivity contribution is 0.106. The Morgan fingerprint density at radius 3 is 2.16 bits per heavy atom. The van der Waals surface area contributed by atoms with E-state index in [1.807, 2.05) is 30.3 Å². The summed E-state index contributed by atoms with van der Waals surface area (Å²) in [6.07, 6.45) is 5.55. The van der Waals surface area contributed by atoms with Gasteiger partial charge in [0.05, 0.1) is 17.2 Å². The second kappa shape index (κ2) is 9.44. The fraction of sp³-hybridized carbons (Fsp3) is 0.231. The number of pyridine rings is 1. The molecule has 32 heavy (non-hydrogen) atoms. The van der Waals surface area contributed by atoms with E-state index in [1.165, 1.54) is 11.8 Å². The first-order valence-corrected chi connectivity index (χ1v) is 11.1. The number of likely N-dealkylation sites (tertiary alicyclic amines) is 1. The monoisotopic (exact) mass is 463 g/mol. The third-order valence-corrected chi connectivity index (χ3v) is 6.05. The molecule has 0 spiro atoms. The van der Waals surface area contributed by atoms with E-state index in [0.29, 0.717) is 22.0 Å². The highest BCUT2D eigenvalue weighted by atomic mass is 35.5. The summed E-state index contributed by atoms with van der Waals surface area (Å²) in [5.74, 6) is 0. The van der Waals surface area contributed by atoms with Crippen LogP contribution >= 0.6 is 23.2 Å². The molecule has 162 valence electrons. The third kappa shape index (κ3) is 5.38. The topological polar surface area (TPSA) is 60.1 Å². The molecular formula is C26H23Cl2N3O. The number of hydrogen-bond donors (Lipinski definition) is 1. The number of aromatic nitrogens is 1. The summed E-state index contributed by atoms with van der Waals surface area (Å²) >= 11 is 12.2. The van der Waals surface area contributed by atoms with Crippen molar-refractivity contribution in [3.8, 4) is 6.07 Å². The molecule has 4 nitrogen and oxygen atoms in total. The van der Waals surface area contributed by atoms with Crippen LogP contribution in [0.25, 0.3) is 0 Å². The van der Waals surface area contributed by atoms with Crippen LogP contribution in [0.4, 0.5) is 0 Å². The van der Waals surface area contributed by atoms with Crippen molar-refractivity contribution in [1.82, 2.24) is 9.88 Å². The Kier molecular flexibility index (Phi) is 6.64. The predicted molar refractivity (Wildman–Crippen MR) is 128 cm³/mol. The Morgan fingerprint density at radius 2 is 1.62 bits per heavy atom. The Bertz CT molecular complexity index is 1110. The minimum absolute atomic E-state index is 0.0724. The first-order valence-electron chi connectivity index (χ1n) is 10.3. The van der Waals surface area contributed by atoms with Crippen LogP contribution in [0, 0.1) is 11.3 Å². The maximum Gasteiger partial charge on any atom is 0.101 e. The van der Waals surface area contributed by atoms with Crippen LogP contribution in [-0.2, 0) is 6.42 Å². The largest absolute Gasteiger partial charge is 0.386 e. The highest BCUT2D eigenvalue weighted by Crippen LogP contribution is 2.36. The molecule has 1 aromatic heterocycles. The first-order chi connectivity index (χ1) is 15.3. The van der Waals surface area contributed by atoms with Gasteiger partial charge in [0.2, 0.25) is 0 Å². The zero-order valence-electron chi connectivity index (χ0n) is 17.7. The van der Waals surface area contributed by atoms with Crippen molar-refractivity contribution in [3.63, 3.8) is 0 Å². The van der Waals surface area contributed by atoms with Gasteiger partial charge in [-0.25, -0.2) is 0 Å². The molecule has 0 bridgehead atoms. The lowest BCUT2D eigenvalue weighted by Gasteiger charge is -2.42. The molecule has 3 aromatic rings. The number of nitrogens with zero attached hydrogens (tertiary/aromatic N) is 3. The minimum atomic E-state index is -1.02. The lowest BCUT2D eigenvalue weighted by atomic mass is 9.89. The van der Waals surface area contributed by atoms with Gasteiger partial charge in [-0.3, -0.25) is 9.88 Å². The molecule has 1 saturated heterocycles. The quantitative estimate of drug-likeness (QED) is 0.484. The van der Waals surface area contributed by atoms with Crippen LogP contribution in [0.1, 0.15) is 35.2 Å². The molecule has 2 aromatic carbocycles. The molecule has 2 heterocycles. The average molecular weight is 464 g/mol. The number of aliphatic hydroxyl groups is 1. The van der Waals surface area contributed by atoms with Gasteiger partial charge >= 0.3 is 0 Å². The average Bonchev–Trinajstić information content (AvgIpc) is 2.74. The van der Waals surface area contributed by atoms with Crippen LogP contribution < -0.4 is 0 Å². The molecule has 4 rings (SSSR count). The van der Waals surface area contributed by atoms with E-state index >= 15 is 0 Å². The minimum Gasteiger partial charge on any atom is -0.386 e. The maximum absolute atomic E-state index is 11.0. The van der Waals surface area contributed by atoms with Gasteiger partial charge < -0.3 is 5.11 Å². The van der Waals surface area contributed by atoms with Gasteiger partial charge in [-0.1, -0.05) is 53.5 Å². The molecule has 1 aliphatic heterocycles. The van der Waals surface area contributed by atoms with Crippen LogP contribution in [0.5, 0.6) is 0 Å². The van der Waals surface area contributed by atoms with E-state index in [1.54, 1.807) is 19.2 Å². The molecule has 0 radical (unpaired) electrons. The molecule has 1 atom stereocenters. The number of hydrogen-bond acceptors (Lipinski definition) is 4. The molecule has 0 amide bonds. The van der Waals surface area contributed by atoms with E-state index in [4.69, 9.17) is 28.5 Å². The number of halogens is 2. The van der Waals surface area contributed by atoms with Crippen molar-refractivity contribution in [1.29, 1.82) is 5.26 Å². The molecule has 6 heteroatoms. The SMILES string of the molecule is CC(O)(C=C1CN(C(c2ccc(Cl)cc2)c2ccc(Cl)cc2)C1)Cc1cncc(C#N)c1. The van der Waals surface area contributed by atoms with E-state index in [0.717, 1.165) is 29.8 Å². The molecule has 1 unspecified atom stereocenters. The van der Waals surface area contributed by atoms with Crippen molar-refractivity contribution < 1.29 is 5.11 Å². The fourth-order valence-corrected chi connectivity index (χ4v) is 4.45. The summed E-state index contributed by atoms with van der Waals surface area (Å²) in [7, 11) is 0. The Balaban J connectivity index is 1.51. The number of nitriles is 1. The van der Waals surface area contributed by atoms with Crippen LogP contribution in [0.15, 0.2) is 78.6 Å². The highest BCUT2D eigenvalue weighted by molar-refractivity contribution is 6.30. The van der Waals surface area contributed by atoms with Gasteiger partial charge in [-0.05, 0) is 59.5 Å². The van der Waals surface area contributed by atoms with Gasteiger partial charge in [0.1, 0.15) is 6.07 Å². The number of benzene rings is 2. The van der Waals surface area contributed by atoms with Gasteiger partial charge in [0, 0.05) is 41.9 Å². The summed E-state index contributed by atoms with van der Waals surface area (Å²) in [5.41, 5.74) is 3.79. The molecule has 0 aliphatic carbocycles. The van der Waals surface area contributed by atoms with E-state index in [9.17, 15) is 5.11 Å². The van der Waals surface area contributed by atoms with Gasteiger partial charge in [0.15, 0.2) is 0 Å². The second-order valence-corrected chi connectivity index (χ2v) is 9.31. The first kappa shape index (κ1) is 22.5. The zero-order valence-corrected chi connectivity index (χ0v) is 19.2. The van der Waals surface area contributed by atoms with Gasteiger partial charge in [0.25, 0.3) is 0 Å². The fourth-order valence-electron chi connectivity index (χ4n) is 4.20. The second-order valence-electron chi connectivity index (χ2n) is 8.44. The Hall–Kier alpha value is -2.68. The maximum atomic E-state index is 11.0. The van der Waals surface area contributed by atoms with Crippen LogP contribution in [0.2, 0.25) is 10.0 Å². The molecule has 1 aliphatic rings. The van der Waals surface area contributed by atoms with Crippen molar-refractivity contribution >= 4 is 23.2 Å². The molecule has 1 N–H and O–H groups in total. The smallest absolute Gasteiger partial charge is 0.101 e. The normalized spacial score (nSPS) is 15.7.